The van der Waals surface area contributed by atoms with Gasteiger partial charge in [-0.2, -0.15) is 0 Å². The molecule has 0 aromatic rings. The average molecular weight is 779 g/mol. The predicted molar refractivity (Wildman–Crippen MR) is 227 cm³/mol. The lowest BCUT2D eigenvalue weighted by Gasteiger charge is -2.46. The number of hydrogen-bond donors (Lipinski definition) is 6. The molecule has 0 spiro atoms. The van der Waals surface area contributed by atoms with E-state index < -0.39 is 0 Å². The monoisotopic (exact) mass is 779 g/mol. The molecule has 0 aliphatic heterocycles. The zero-order chi connectivity index (χ0) is 40.9. The van der Waals surface area contributed by atoms with E-state index in [1.165, 1.54) is 115 Å². The predicted octanol–water partition coefficient (Wildman–Crippen LogP) is 9.20. The number of ether oxygens (including phenoxy) is 3. The zero-order valence-corrected chi connectivity index (χ0v) is 35.5. The summed E-state index contributed by atoms with van der Waals surface area (Å²) in [6, 6.07) is -0.490. The third-order valence-corrected chi connectivity index (χ3v) is 9.64. The van der Waals surface area contributed by atoms with E-state index in [0.29, 0.717) is 46.0 Å². The molecule has 12 nitrogen and oxygen atoms in total. The van der Waals surface area contributed by atoms with Crippen molar-refractivity contribution in [3.05, 3.63) is 38.5 Å². The largest absolute Gasteiger partial charge is 0.500 e. The average Bonchev–Trinajstić information content (AvgIpc) is 3.13. The SMILES string of the molecule is C=COCCNC(=O)NCC1(C)CC(NC(=O)NCCOC=C)CC(C)(C)C1.C=COCCNC(=O)NCCCCCCCCCCCCCCCCCC. The Balaban J connectivity index is 0.00000106. The molecular weight excluding hydrogens is 697 g/mol. The van der Waals surface area contributed by atoms with Gasteiger partial charge in [0.05, 0.1) is 38.4 Å². The Morgan fingerprint density at radius 1 is 0.545 bits per heavy atom. The molecule has 0 aromatic heterocycles. The Labute approximate surface area is 335 Å². The third-order valence-electron chi connectivity index (χ3n) is 9.64. The van der Waals surface area contributed by atoms with Crippen LogP contribution in [-0.2, 0) is 14.2 Å². The molecule has 6 N–H and O–H groups in total. The van der Waals surface area contributed by atoms with Crippen molar-refractivity contribution in [2.45, 2.75) is 156 Å². The van der Waals surface area contributed by atoms with Crippen LogP contribution in [0, 0.1) is 10.8 Å². The maximum atomic E-state index is 12.1. The highest BCUT2D eigenvalue weighted by atomic mass is 16.5. The topological polar surface area (TPSA) is 151 Å². The lowest BCUT2D eigenvalue weighted by molar-refractivity contribution is 0.0748. The van der Waals surface area contributed by atoms with E-state index in [9.17, 15) is 14.4 Å². The van der Waals surface area contributed by atoms with Gasteiger partial charge in [-0.25, -0.2) is 14.4 Å². The molecule has 1 aliphatic rings. The first kappa shape index (κ1) is 51.4. The Hall–Kier alpha value is -3.57. The highest BCUT2D eigenvalue weighted by Gasteiger charge is 2.41. The fourth-order valence-corrected chi connectivity index (χ4v) is 7.32. The van der Waals surface area contributed by atoms with Gasteiger partial charge in [0.15, 0.2) is 0 Å². The quantitative estimate of drug-likeness (QED) is 0.0296. The lowest BCUT2D eigenvalue weighted by atomic mass is 9.62. The number of nitrogens with one attached hydrogen (secondary N) is 6. The highest BCUT2D eigenvalue weighted by Crippen LogP contribution is 2.45. The van der Waals surface area contributed by atoms with Crippen molar-refractivity contribution in [1.82, 2.24) is 31.9 Å². The molecule has 0 radical (unpaired) electrons. The van der Waals surface area contributed by atoms with Crippen molar-refractivity contribution in [3.8, 4) is 0 Å². The summed E-state index contributed by atoms with van der Waals surface area (Å²) >= 11 is 0. The maximum Gasteiger partial charge on any atom is 0.315 e. The van der Waals surface area contributed by atoms with Crippen LogP contribution in [-0.4, -0.2) is 76.7 Å². The van der Waals surface area contributed by atoms with E-state index in [1.807, 2.05) is 0 Å². The smallest absolute Gasteiger partial charge is 0.315 e. The second-order valence-electron chi connectivity index (χ2n) is 15.9. The number of unbranched alkanes of at least 4 members (excludes halogenated alkanes) is 15. The van der Waals surface area contributed by atoms with Gasteiger partial charge in [0.2, 0.25) is 0 Å². The van der Waals surface area contributed by atoms with Gasteiger partial charge in [-0.05, 0) is 36.5 Å². The minimum atomic E-state index is -0.221. The van der Waals surface area contributed by atoms with Crippen molar-refractivity contribution >= 4 is 18.1 Å². The van der Waals surface area contributed by atoms with Crippen molar-refractivity contribution in [1.29, 1.82) is 0 Å². The molecule has 0 aromatic carbocycles. The van der Waals surface area contributed by atoms with Gasteiger partial charge in [-0.15, -0.1) is 0 Å². The minimum Gasteiger partial charge on any atom is -0.500 e. The summed E-state index contributed by atoms with van der Waals surface area (Å²) in [7, 11) is 0. The Morgan fingerprint density at radius 2 is 0.927 bits per heavy atom. The minimum absolute atomic E-state index is 0.0416. The molecular formula is C43H82N6O6. The van der Waals surface area contributed by atoms with E-state index in [1.54, 1.807) is 0 Å². The molecule has 0 saturated heterocycles. The van der Waals surface area contributed by atoms with E-state index >= 15 is 0 Å². The van der Waals surface area contributed by atoms with Crippen molar-refractivity contribution in [3.63, 3.8) is 0 Å². The number of rotatable bonds is 32. The molecule has 2 atom stereocenters. The second-order valence-corrected chi connectivity index (χ2v) is 15.9. The third kappa shape index (κ3) is 33.5. The van der Waals surface area contributed by atoms with Crippen LogP contribution in [0.4, 0.5) is 14.4 Å². The van der Waals surface area contributed by atoms with Crippen LogP contribution in [0.3, 0.4) is 0 Å². The van der Waals surface area contributed by atoms with Crippen LogP contribution >= 0.6 is 0 Å². The number of amides is 6. The molecule has 320 valence electrons. The summed E-state index contributed by atoms with van der Waals surface area (Å²) in [6.07, 6.45) is 28.6. The molecule has 6 amide bonds. The number of urea groups is 3. The van der Waals surface area contributed by atoms with Crippen molar-refractivity contribution in [2.75, 3.05) is 52.5 Å². The fourth-order valence-electron chi connectivity index (χ4n) is 7.32. The van der Waals surface area contributed by atoms with Gasteiger partial charge >= 0.3 is 18.1 Å². The van der Waals surface area contributed by atoms with Gasteiger partial charge in [0.25, 0.3) is 0 Å². The lowest BCUT2D eigenvalue weighted by Crippen LogP contribution is -2.53. The zero-order valence-electron chi connectivity index (χ0n) is 35.5. The van der Waals surface area contributed by atoms with Crippen LogP contribution in [0.2, 0.25) is 0 Å². The normalized spacial score (nSPS) is 16.9. The van der Waals surface area contributed by atoms with E-state index in [0.717, 1.165) is 32.2 Å². The first-order valence-electron chi connectivity index (χ1n) is 21.3. The van der Waals surface area contributed by atoms with Gasteiger partial charge in [0, 0.05) is 19.1 Å². The first-order valence-corrected chi connectivity index (χ1v) is 21.3. The standard InChI is InChI=1S/C23H46N2O2.C20H36N4O4/c1-3-5-6-7-8-9-10-11-12-13-14-15-16-17-18-19-20-24-23(26)25-21-22-27-4-2;1-6-27-10-8-21-17(25)23-15-20(5)13-16(12-19(3,4)14-20)24-18(26)22-9-11-28-7-2/h4H,2-3,5-22H2,1H3,(H2,24,25,26);6-7,16H,1-2,8-15H2,3-5H3,(H2,21,23,25)(H2,22,24,26). The highest BCUT2D eigenvalue weighted by molar-refractivity contribution is 5.74. The molecule has 1 aliphatic carbocycles. The van der Waals surface area contributed by atoms with Crippen LogP contribution in [0.25, 0.3) is 0 Å². The van der Waals surface area contributed by atoms with Crippen LogP contribution in [0.1, 0.15) is 150 Å². The van der Waals surface area contributed by atoms with E-state index in [2.05, 4.69) is 79.3 Å². The van der Waals surface area contributed by atoms with Gasteiger partial charge in [0.1, 0.15) is 19.8 Å². The summed E-state index contributed by atoms with van der Waals surface area (Å²) in [5, 5.41) is 17.2. The van der Waals surface area contributed by atoms with Crippen molar-refractivity contribution < 1.29 is 28.6 Å². The van der Waals surface area contributed by atoms with Crippen LogP contribution in [0.15, 0.2) is 38.5 Å². The molecule has 0 bridgehead atoms. The van der Waals surface area contributed by atoms with Gasteiger partial charge < -0.3 is 46.1 Å². The Kier molecular flexibility index (Phi) is 32.6. The van der Waals surface area contributed by atoms with Crippen LogP contribution in [0.5, 0.6) is 0 Å². The van der Waals surface area contributed by atoms with E-state index in [4.69, 9.17) is 14.2 Å². The summed E-state index contributed by atoms with van der Waals surface area (Å²) in [4.78, 5) is 35.6. The second kappa shape index (κ2) is 34.9. The molecule has 1 fully saturated rings. The fraction of sp³-hybridized carbons (Fsp3) is 0.791. The molecule has 1 saturated carbocycles. The number of carbonyl (C=O) groups excluding carboxylic acids is 3. The molecule has 55 heavy (non-hydrogen) atoms. The van der Waals surface area contributed by atoms with Gasteiger partial charge in [-0.3, -0.25) is 0 Å². The number of carbonyl (C=O) groups is 3. The summed E-state index contributed by atoms with van der Waals surface area (Å²) in [6.45, 7) is 23.1. The van der Waals surface area contributed by atoms with Gasteiger partial charge in [-0.1, -0.05) is 144 Å². The summed E-state index contributed by atoms with van der Waals surface area (Å²) in [5.74, 6) is 0. The first-order chi connectivity index (χ1) is 26.5. The van der Waals surface area contributed by atoms with Crippen LogP contribution < -0.4 is 31.9 Å². The Morgan fingerprint density at radius 3 is 1.36 bits per heavy atom. The maximum absolute atomic E-state index is 12.1. The van der Waals surface area contributed by atoms with E-state index in [-0.39, 0.29) is 35.0 Å². The molecule has 0 heterocycles. The Bertz CT molecular complexity index is 1010. The summed E-state index contributed by atoms with van der Waals surface area (Å²) in [5.41, 5.74) is -0.0482. The molecule has 1 rings (SSSR count). The molecule has 2 unspecified atom stereocenters. The molecule has 12 heteroatoms. The summed E-state index contributed by atoms with van der Waals surface area (Å²) < 4.78 is 14.9. The van der Waals surface area contributed by atoms with Crippen molar-refractivity contribution in [2.24, 2.45) is 10.8 Å². The number of hydrogen-bond acceptors (Lipinski definition) is 6.